The molecule has 0 aromatic heterocycles. The second-order valence-corrected chi connectivity index (χ2v) is 3.12. The molecule has 0 heterocycles. The summed E-state index contributed by atoms with van der Waals surface area (Å²) in [5, 5.41) is 9.04. The molecule has 0 fully saturated rings. The van der Waals surface area contributed by atoms with Gasteiger partial charge in [-0.05, 0) is 20.0 Å². The Labute approximate surface area is 85.9 Å². The quantitative estimate of drug-likeness (QED) is 0.612. The van der Waals surface area contributed by atoms with Crippen LogP contribution in [0.2, 0.25) is 0 Å². The number of nitrogens with zero attached hydrogens (tertiary/aromatic N) is 1. The van der Waals surface area contributed by atoms with Crippen LogP contribution in [0.4, 0.5) is 0 Å². The highest BCUT2D eigenvalue weighted by Crippen LogP contribution is 2.02. The molecule has 14 heavy (non-hydrogen) atoms. The third kappa shape index (κ3) is 4.58. The fourth-order valence-electron chi connectivity index (χ4n) is 1.26. The largest absolute Gasteiger partial charge is 0.466 e. The van der Waals surface area contributed by atoms with E-state index in [1.54, 1.807) is 6.92 Å². The minimum atomic E-state index is -0.408. The highest BCUT2D eigenvalue weighted by molar-refractivity contribution is 5.72. The maximum Gasteiger partial charge on any atom is 0.312 e. The van der Waals surface area contributed by atoms with Crippen LogP contribution in [0.3, 0.4) is 0 Å². The van der Waals surface area contributed by atoms with E-state index in [1.165, 1.54) is 0 Å². The molecule has 0 bridgehead atoms. The van der Waals surface area contributed by atoms with Crippen LogP contribution in [0.25, 0.3) is 0 Å². The Morgan fingerprint density at radius 2 is 1.93 bits per heavy atom. The SMILES string of the molecule is CCOC(=O)C(CO)CN(CC)CC. The lowest BCUT2D eigenvalue weighted by Crippen LogP contribution is -2.35. The molecule has 1 unspecified atom stereocenters. The molecule has 0 amide bonds. The zero-order valence-corrected chi connectivity index (χ0v) is 9.32. The lowest BCUT2D eigenvalue weighted by atomic mass is 10.1. The van der Waals surface area contributed by atoms with Crippen LogP contribution in [-0.2, 0) is 9.53 Å². The van der Waals surface area contributed by atoms with Crippen molar-refractivity contribution in [2.75, 3.05) is 32.8 Å². The summed E-state index contributed by atoms with van der Waals surface area (Å²) in [6, 6.07) is 0. The molecule has 4 heteroatoms. The van der Waals surface area contributed by atoms with Crippen LogP contribution in [0.15, 0.2) is 0 Å². The normalized spacial score (nSPS) is 12.9. The first-order valence-corrected chi connectivity index (χ1v) is 5.19. The molecule has 4 nitrogen and oxygen atoms in total. The van der Waals surface area contributed by atoms with E-state index in [0.717, 1.165) is 13.1 Å². The van der Waals surface area contributed by atoms with E-state index in [0.29, 0.717) is 13.2 Å². The van der Waals surface area contributed by atoms with E-state index >= 15 is 0 Å². The first-order chi connectivity index (χ1) is 6.69. The van der Waals surface area contributed by atoms with Gasteiger partial charge in [0.25, 0.3) is 0 Å². The standard InChI is InChI=1S/C10H21NO3/c1-4-11(5-2)7-9(8-12)10(13)14-6-3/h9,12H,4-8H2,1-3H3. The van der Waals surface area contributed by atoms with E-state index < -0.39 is 5.92 Å². The van der Waals surface area contributed by atoms with Crippen molar-refractivity contribution in [3.63, 3.8) is 0 Å². The molecular formula is C10H21NO3. The molecule has 0 aliphatic carbocycles. The molecule has 0 aliphatic rings. The monoisotopic (exact) mass is 203 g/mol. The van der Waals surface area contributed by atoms with Gasteiger partial charge in [-0.1, -0.05) is 13.8 Å². The summed E-state index contributed by atoms with van der Waals surface area (Å²) in [4.78, 5) is 13.4. The Morgan fingerprint density at radius 3 is 2.29 bits per heavy atom. The summed E-state index contributed by atoms with van der Waals surface area (Å²) < 4.78 is 4.86. The van der Waals surface area contributed by atoms with Crippen LogP contribution in [-0.4, -0.2) is 48.8 Å². The van der Waals surface area contributed by atoms with Crippen molar-refractivity contribution in [2.45, 2.75) is 20.8 Å². The van der Waals surface area contributed by atoms with Gasteiger partial charge in [0.2, 0.25) is 0 Å². The van der Waals surface area contributed by atoms with E-state index in [2.05, 4.69) is 4.90 Å². The smallest absolute Gasteiger partial charge is 0.312 e. The van der Waals surface area contributed by atoms with E-state index in [-0.39, 0.29) is 12.6 Å². The van der Waals surface area contributed by atoms with Gasteiger partial charge < -0.3 is 14.7 Å². The maximum absolute atomic E-state index is 11.3. The number of carbonyl (C=O) groups excluding carboxylic acids is 1. The van der Waals surface area contributed by atoms with Gasteiger partial charge >= 0.3 is 5.97 Å². The maximum atomic E-state index is 11.3. The third-order valence-corrected chi connectivity index (χ3v) is 2.21. The summed E-state index contributed by atoms with van der Waals surface area (Å²) in [6.07, 6.45) is 0. The van der Waals surface area contributed by atoms with Gasteiger partial charge in [0.1, 0.15) is 0 Å². The van der Waals surface area contributed by atoms with Crippen molar-refractivity contribution in [3.8, 4) is 0 Å². The molecule has 0 rings (SSSR count). The van der Waals surface area contributed by atoms with Crippen molar-refractivity contribution < 1.29 is 14.6 Å². The van der Waals surface area contributed by atoms with Crippen molar-refractivity contribution in [3.05, 3.63) is 0 Å². The van der Waals surface area contributed by atoms with Gasteiger partial charge in [0.05, 0.1) is 19.1 Å². The Hall–Kier alpha value is -0.610. The Bertz CT molecular complexity index is 157. The molecule has 0 saturated heterocycles. The summed E-state index contributed by atoms with van der Waals surface area (Å²) in [6.45, 7) is 8.39. The Kier molecular flexibility index (Phi) is 7.42. The average molecular weight is 203 g/mol. The van der Waals surface area contributed by atoms with Crippen LogP contribution in [0.5, 0.6) is 0 Å². The number of aliphatic hydroxyl groups is 1. The van der Waals surface area contributed by atoms with Crippen LogP contribution in [0.1, 0.15) is 20.8 Å². The van der Waals surface area contributed by atoms with E-state index in [1.807, 2.05) is 13.8 Å². The zero-order valence-electron chi connectivity index (χ0n) is 9.32. The predicted molar refractivity (Wildman–Crippen MR) is 55.0 cm³/mol. The minimum absolute atomic E-state index is 0.144. The lowest BCUT2D eigenvalue weighted by Gasteiger charge is -2.22. The molecule has 84 valence electrons. The Balaban J connectivity index is 4.05. The van der Waals surface area contributed by atoms with Crippen LogP contribution in [0, 0.1) is 5.92 Å². The number of esters is 1. The minimum Gasteiger partial charge on any atom is -0.466 e. The van der Waals surface area contributed by atoms with Crippen molar-refractivity contribution in [2.24, 2.45) is 5.92 Å². The van der Waals surface area contributed by atoms with Crippen LogP contribution < -0.4 is 0 Å². The number of carbonyl (C=O) groups is 1. The van der Waals surface area contributed by atoms with Gasteiger partial charge in [-0.15, -0.1) is 0 Å². The fourth-order valence-corrected chi connectivity index (χ4v) is 1.26. The number of ether oxygens (including phenoxy) is 1. The summed E-state index contributed by atoms with van der Waals surface area (Å²) >= 11 is 0. The van der Waals surface area contributed by atoms with Crippen molar-refractivity contribution in [1.29, 1.82) is 0 Å². The zero-order chi connectivity index (χ0) is 11.0. The number of hydrogen-bond donors (Lipinski definition) is 1. The van der Waals surface area contributed by atoms with Gasteiger partial charge in [0.15, 0.2) is 0 Å². The molecule has 0 spiro atoms. The number of rotatable bonds is 7. The summed E-state index contributed by atoms with van der Waals surface area (Å²) in [5.74, 6) is -0.711. The predicted octanol–water partition coefficient (Wildman–Crippen LogP) is 0.500. The third-order valence-electron chi connectivity index (χ3n) is 2.21. The van der Waals surface area contributed by atoms with Gasteiger partial charge in [-0.25, -0.2) is 0 Å². The molecule has 0 saturated carbocycles. The molecule has 0 aromatic carbocycles. The first kappa shape index (κ1) is 13.4. The highest BCUT2D eigenvalue weighted by atomic mass is 16.5. The van der Waals surface area contributed by atoms with Crippen molar-refractivity contribution in [1.82, 2.24) is 4.90 Å². The molecule has 0 radical (unpaired) electrons. The van der Waals surface area contributed by atoms with E-state index in [9.17, 15) is 4.79 Å². The molecule has 1 N–H and O–H groups in total. The lowest BCUT2D eigenvalue weighted by molar-refractivity contribution is -0.150. The first-order valence-electron chi connectivity index (χ1n) is 5.19. The highest BCUT2D eigenvalue weighted by Gasteiger charge is 2.20. The van der Waals surface area contributed by atoms with Gasteiger partial charge in [-0.3, -0.25) is 4.79 Å². The second-order valence-electron chi connectivity index (χ2n) is 3.12. The topological polar surface area (TPSA) is 49.8 Å². The average Bonchev–Trinajstić information content (AvgIpc) is 2.20. The van der Waals surface area contributed by atoms with Crippen molar-refractivity contribution >= 4 is 5.97 Å². The molecule has 0 aromatic rings. The Morgan fingerprint density at radius 1 is 1.36 bits per heavy atom. The fraction of sp³-hybridized carbons (Fsp3) is 0.900. The summed E-state index contributed by atoms with van der Waals surface area (Å²) in [7, 11) is 0. The van der Waals surface area contributed by atoms with Gasteiger partial charge in [0, 0.05) is 6.54 Å². The van der Waals surface area contributed by atoms with Gasteiger partial charge in [-0.2, -0.15) is 0 Å². The number of hydrogen-bond acceptors (Lipinski definition) is 4. The number of aliphatic hydroxyl groups excluding tert-OH is 1. The van der Waals surface area contributed by atoms with E-state index in [4.69, 9.17) is 9.84 Å². The molecule has 0 aliphatic heterocycles. The van der Waals surface area contributed by atoms with Crippen LogP contribution >= 0.6 is 0 Å². The molecular weight excluding hydrogens is 182 g/mol. The molecule has 1 atom stereocenters. The second kappa shape index (κ2) is 7.76. The summed E-state index contributed by atoms with van der Waals surface area (Å²) in [5.41, 5.74) is 0.